The summed E-state index contributed by atoms with van der Waals surface area (Å²) in [6, 6.07) is 13.2. The highest BCUT2D eigenvalue weighted by Gasteiger charge is 2.19. The van der Waals surface area contributed by atoms with Gasteiger partial charge in [0.1, 0.15) is 17.7 Å². The maximum absolute atomic E-state index is 11.6. The van der Waals surface area contributed by atoms with Crippen molar-refractivity contribution in [1.29, 1.82) is 5.26 Å². The Hall–Kier alpha value is -2.97. The van der Waals surface area contributed by atoms with Crippen molar-refractivity contribution in [3.63, 3.8) is 0 Å². The van der Waals surface area contributed by atoms with Crippen molar-refractivity contribution < 1.29 is 9.90 Å². The number of hydrogen-bond donors (Lipinski definition) is 2. The van der Waals surface area contributed by atoms with E-state index in [9.17, 15) is 15.2 Å². The molecule has 2 aromatic carbocycles. The summed E-state index contributed by atoms with van der Waals surface area (Å²) in [6.07, 6.45) is 0. The number of halogens is 1. The van der Waals surface area contributed by atoms with Gasteiger partial charge < -0.3 is 15.0 Å². The number of aromatic hydroxyl groups is 1. The first kappa shape index (κ1) is 17.8. The number of hydrogen-bond acceptors (Lipinski definition) is 3. The molecular weight excluding hydrogens is 350 g/mol. The van der Waals surface area contributed by atoms with Gasteiger partial charge in [0, 0.05) is 17.5 Å². The molecule has 0 radical (unpaired) electrons. The average Bonchev–Trinajstić information content (AvgIpc) is 2.95. The van der Waals surface area contributed by atoms with Gasteiger partial charge in [-0.05, 0) is 43.7 Å². The molecule has 0 aliphatic carbocycles. The third kappa shape index (κ3) is 3.00. The van der Waals surface area contributed by atoms with Gasteiger partial charge in [-0.2, -0.15) is 5.26 Å². The van der Waals surface area contributed by atoms with Crippen molar-refractivity contribution in [3.05, 3.63) is 47.5 Å². The van der Waals surface area contributed by atoms with Crippen molar-refractivity contribution in [2.75, 3.05) is 11.2 Å². The maximum Gasteiger partial charge on any atom is 0.239 e. The molecule has 2 N–H and O–H groups in total. The highest BCUT2D eigenvalue weighted by Crippen LogP contribution is 2.37. The summed E-state index contributed by atoms with van der Waals surface area (Å²) in [6.45, 7) is 4.71. The number of amides is 1. The van der Waals surface area contributed by atoms with E-state index < -0.39 is 5.91 Å². The van der Waals surface area contributed by atoms with Gasteiger partial charge in [-0.15, -0.1) is 11.6 Å². The monoisotopic (exact) mass is 367 g/mol. The summed E-state index contributed by atoms with van der Waals surface area (Å²) in [7, 11) is 0. The number of phenols is 1. The van der Waals surface area contributed by atoms with Crippen LogP contribution < -0.4 is 5.32 Å². The predicted molar refractivity (Wildman–Crippen MR) is 104 cm³/mol. The number of carbonyl (C=O) groups excluding carboxylic acids is 1. The van der Waals surface area contributed by atoms with Crippen molar-refractivity contribution in [2.45, 2.75) is 20.4 Å². The van der Waals surface area contributed by atoms with Gasteiger partial charge in [-0.3, -0.25) is 4.79 Å². The van der Waals surface area contributed by atoms with Gasteiger partial charge in [0.05, 0.1) is 22.5 Å². The molecule has 0 unspecified atom stereocenters. The Morgan fingerprint density at radius 1 is 1.31 bits per heavy atom. The molecule has 0 atom stereocenters. The molecule has 26 heavy (non-hydrogen) atoms. The predicted octanol–water partition coefficient (Wildman–Crippen LogP) is 4.39. The van der Waals surface area contributed by atoms with E-state index in [0.717, 1.165) is 27.7 Å². The van der Waals surface area contributed by atoms with Crippen LogP contribution in [0.15, 0.2) is 36.4 Å². The lowest BCUT2D eigenvalue weighted by Crippen LogP contribution is -2.12. The van der Waals surface area contributed by atoms with Gasteiger partial charge in [0.15, 0.2) is 0 Å². The molecule has 3 aromatic rings. The van der Waals surface area contributed by atoms with Crippen LogP contribution in [0.4, 0.5) is 5.69 Å². The van der Waals surface area contributed by atoms with Crippen LogP contribution in [0.2, 0.25) is 0 Å². The quantitative estimate of drug-likeness (QED) is 0.530. The highest BCUT2D eigenvalue weighted by atomic mass is 35.5. The molecule has 1 heterocycles. The first-order valence-electron chi connectivity index (χ1n) is 8.22. The van der Waals surface area contributed by atoms with E-state index in [4.69, 9.17) is 11.6 Å². The van der Waals surface area contributed by atoms with Crippen LogP contribution in [0.3, 0.4) is 0 Å². The van der Waals surface area contributed by atoms with Crippen molar-refractivity contribution >= 4 is 34.1 Å². The Balaban J connectivity index is 2.27. The second kappa shape index (κ2) is 7.11. The molecule has 0 saturated heterocycles. The number of benzene rings is 2. The van der Waals surface area contributed by atoms with Gasteiger partial charge in [0.25, 0.3) is 0 Å². The van der Waals surface area contributed by atoms with Crippen molar-refractivity contribution in [3.8, 4) is 23.1 Å². The summed E-state index contributed by atoms with van der Waals surface area (Å²) in [5.41, 5.74) is 4.43. The molecular formula is C20H18ClN3O2. The fourth-order valence-corrected chi connectivity index (χ4v) is 3.24. The van der Waals surface area contributed by atoms with Crippen LogP contribution in [0, 0.1) is 18.3 Å². The highest BCUT2D eigenvalue weighted by molar-refractivity contribution is 6.29. The Morgan fingerprint density at radius 3 is 2.73 bits per heavy atom. The molecule has 0 aliphatic heterocycles. The third-order valence-electron chi connectivity index (χ3n) is 4.31. The second-order valence-corrected chi connectivity index (χ2v) is 6.28. The SMILES string of the molecule is CCn1c(-c2ccc(O)c(NC(=O)CCl)c2)c(C#N)c2ccc(C)cc21. The van der Waals surface area contributed by atoms with Crippen LogP contribution in [0.5, 0.6) is 5.75 Å². The molecule has 3 rings (SSSR count). The van der Waals surface area contributed by atoms with E-state index in [1.165, 1.54) is 6.07 Å². The van der Waals surface area contributed by atoms with Crippen LogP contribution in [-0.4, -0.2) is 21.5 Å². The van der Waals surface area contributed by atoms with E-state index in [0.29, 0.717) is 12.1 Å². The number of nitrogens with one attached hydrogen (secondary N) is 1. The molecule has 0 aliphatic rings. The molecule has 0 bridgehead atoms. The minimum atomic E-state index is -0.411. The van der Waals surface area contributed by atoms with E-state index in [1.54, 1.807) is 12.1 Å². The summed E-state index contributed by atoms with van der Waals surface area (Å²) >= 11 is 5.53. The Bertz CT molecular complexity index is 1050. The summed E-state index contributed by atoms with van der Waals surface area (Å²) in [5.74, 6) is -0.672. The first-order chi connectivity index (χ1) is 12.5. The summed E-state index contributed by atoms with van der Waals surface area (Å²) in [4.78, 5) is 11.6. The fourth-order valence-electron chi connectivity index (χ4n) is 3.17. The fraction of sp³-hybridized carbons (Fsp3) is 0.200. The lowest BCUT2D eigenvalue weighted by molar-refractivity contribution is -0.113. The van der Waals surface area contributed by atoms with Crippen LogP contribution in [-0.2, 0) is 11.3 Å². The largest absolute Gasteiger partial charge is 0.506 e. The zero-order valence-corrected chi connectivity index (χ0v) is 15.3. The summed E-state index contributed by atoms with van der Waals surface area (Å²) in [5, 5.41) is 23.2. The van der Waals surface area contributed by atoms with E-state index in [2.05, 4.69) is 22.0 Å². The topological polar surface area (TPSA) is 78.0 Å². The van der Waals surface area contributed by atoms with Gasteiger partial charge >= 0.3 is 0 Å². The Labute approximate surface area is 156 Å². The van der Waals surface area contributed by atoms with E-state index in [1.807, 2.05) is 26.0 Å². The van der Waals surface area contributed by atoms with E-state index in [-0.39, 0.29) is 17.3 Å². The van der Waals surface area contributed by atoms with E-state index >= 15 is 0 Å². The number of aromatic nitrogens is 1. The van der Waals surface area contributed by atoms with Crippen LogP contribution in [0.1, 0.15) is 18.1 Å². The van der Waals surface area contributed by atoms with Crippen LogP contribution in [0.25, 0.3) is 22.2 Å². The maximum atomic E-state index is 11.6. The minimum Gasteiger partial charge on any atom is -0.506 e. The molecule has 6 heteroatoms. The number of nitrogens with zero attached hydrogens (tertiary/aromatic N) is 2. The molecule has 0 saturated carbocycles. The van der Waals surface area contributed by atoms with Gasteiger partial charge in [-0.25, -0.2) is 0 Å². The minimum absolute atomic E-state index is 0.0549. The molecule has 0 spiro atoms. The Morgan fingerprint density at radius 2 is 2.08 bits per heavy atom. The van der Waals surface area contributed by atoms with Crippen molar-refractivity contribution in [1.82, 2.24) is 4.57 Å². The Kier molecular flexibility index (Phi) is 4.88. The van der Waals surface area contributed by atoms with Gasteiger partial charge in [-0.1, -0.05) is 12.1 Å². The first-order valence-corrected chi connectivity index (χ1v) is 8.75. The number of carbonyl (C=O) groups is 1. The molecule has 132 valence electrons. The normalized spacial score (nSPS) is 10.7. The average molecular weight is 368 g/mol. The zero-order valence-electron chi connectivity index (χ0n) is 14.5. The number of anilines is 1. The molecule has 5 nitrogen and oxygen atoms in total. The molecule has 1 amide bonds. The number of fused-ring (bicyclic) bond motifs is 1. The van der Waals surface area contributed by atoms with Crippen LogP contribution >= 0.6 is 11.6 Å². The smallest absolute Gasteiger partial charge is 0.239 e. The number of nitriles is 1. The number of phenolic OH excluding ortho intramolecular Hbond substituents is 1. The lowest BCUT2D eigenvalue weighted by atomic mass is 10.0. The zero-order chi connectivity index (χ0) is 18.8. The van der Waals surface area contributed by atoms with Gasteiger partial charge in [0.2, 0.25) is 5.91 Å². The number of alkyl halides is 1. The number of rotatable bonds is 4. The summed E-state index contributed by atoms with van der Waals surface area (Å²) < 4.78 is 2.07. The standard InChI is InChI=1S/C20H18ClN3O2/c1-3-24-17-8-12(2)4-6-14(17)15(11-22)20(24)13-5-7-18(25)16(9-13)23-19(26)10-21/h4-9,25H,3,10H2,1-2H3,(H,23,26). The lowest BCUT2D eigenvalue weighted by Gasteiger charge is -2.12. The molecule has 0 fully saturated rings. The molecule has 1 aromatic heterocycles. The van der Waals surface area contributed by atoms with Crippen molar-refractivity contribution in [2.24, 2.45) is 0 Å². The third-order valence-corrected chi connectivity index (χ3v) is 4.56. The number of aryl methyl sites for hydroxylation is 2. The second-order valence-electron chi connectivity index (χ2n) is 6.01.